The van der Waals surface area contributed by atoms with E-state index >= 15 is 0 Å². The average molecular weight is 670 g/mol. The van der Waals surface area contributed by atoms with Crippen molar-refractivity contribution in [3.05, 3.63) is 163 Å². The Morgan fingerprint density at radius 1 is 0.412 bits per heavy atom. The van der Waals surface area contributed by atoms with Gasteiger partial charge in [-0.1, -0.05) is 109 Å². The van der Waals surface area contributed by atoms with Gasteiger partial charge in [0.1, 0.15) is 11.2 Å². The molecular formula is C45H27N5O. The van der Waals surface area contributed by atoms with Crippen LogP contribution in [0.4, 0.5) is 0 Å². The highest BCUT2D eigenvalue weighted by molar-refractivity contribution is 6.10. The Hall–Kier alpha value is -7.05. The molecule has 0 atom stereocenters. The Bertz CT molecular complexity index is 3740. The van der Waals surface area contributed by atoms with E-state index in [4.69, 9.17) is 41.3 Å². The van der Waals surface area contributed by atoms with E-state index in [1.54, 1.807) is 18.2 Å². The lowest BCUT2D eigenvalue weighted by Gasteiger charge is -2.12. The summed E-state index contributed by atoms with van der Waals surface area (Å²) in [6.45, 7) is 0. The summed E-state index contributed by atoms with van der Waals surface area (Å²) in [7, 11) is 0. The normalized spacial score (nSPS) is 16.3. The molecule has 0 fully saturated rings. The number of benzene rings is 7. The van der Waals surface area contributed by atoms with Crippen LogP contribution in [0.15, 0.2) is 168 Å². The number of rotatable bonds is 4. The number of nitrogens with zero attached hydrogens (tertiary/aromatic N) is 5. The molecule has 51 heavy (non-hydrogen) atoms. The molecule has 11 aromatic rings. The molecule has 0 aliphatic rings. The fourth-order valence-corrected chi connectivity index (χ4v) is 6.65. The van der Waals surface area contributed by atoms with Crippen molar-refractivity contribution < 1.29 is 26.3 Å². The first-order valence-electron chi connectivity index (χ1n) is 23.7. The molecule has 0 saturated heterocycles. The second kappa shape index (κ2) is 10.7. The lowest BCUT2D eigenvalue weighted by molar-refractivity contribution is 0.669. The van der Waals surface area contributed by atoms with Crippen LogP contribution in [-0.2, 0) is 0 Å². The minimum absolute atomic E-state index is 0.163. The van der Waals surface area contributed by atoms with Crippen LogP contribution in [0.1, 0.15) is 21.9 Å². The minimum atomic E-state index is -0.701. The second-order valence-corrected chi connectivity index (χ2v) is 11.7. The van der Waals surface area contributed by atoms with Gasteiger partial charge in [0.05, 0.1) is 44.0 Å². The quantitative estimate of drug-likeness (QED) is 0.187. The number of hydrogen-bond acceptors (Lipinski definition) is 4. The molecular weight excluding hydrogens is 627 g/mol. The van der Waals surface area contributed by atoms with Gasteiger partial charge in [0.25, 0.3) is 0 Å². The van der Waals surface area contributed by atoms with Gasteiger partial charge in [-0.05, 0) is 65.6 Å². The zero-order chi connectivity index (χ0) is 47.4. The first-order valence-corrected chi connectivity index (χ1v) is 15.7. The number of para-hydroxylation sites is 4. The molecule has 4 aromatic heterocycles. The molecule has 0 N–H and O–H groups in total. The summed E-state index contributed by atoms with van der Waals surface area (Å²) in [6.07, 6.45) is 0. The number of fused-ring (bicyclic) bond motifs is 9. The molecule has 0 unspecified atom stereocenters. The third kappa shape index (κ3) is 4.20. The number of hydrogen-bond donors (Lipinski definition) is 0. The van der Waals surface area contributed by atoms with Crippen LogP contribution in [0.2, 0.25) is 0 Å². The van der Waals surface area contributed by atoms with Crippen LogP contribution >= 0.6 is 0 Å². The van der Waals surface area contributed by atoms with Crippen LogP contribution in [0.25, 0.3) is 100.0 Å². The van der Waals surface area contributed by atoms with E-state index in [0.717, 1.165) is 25.6 Å². The fourth-order valence-electron chi connectivity index (χ4n) is 6.65. The third-order valence-corrected chi connectivity index (χ3v) is 8.91. The molecule has 0 bridgehead atoms. The van der Waals surface area contributed by atoms with Crippen molar-refractivity contribution in [1.82, 2.24) is 24.1 Å². The largest absolute Gasteiger partial charge is 0.456 e. The SMILES string of the molecule is [2H]c1c([2H])c([2H])c2c(c1[2H])c1c([2H])c([2H])c([2H])c([2H])c1n2-c1nc(-c2ccc3oc4ccc(-c5ccccc5)cc4c3c2)nc(-n2c3c([2H])c([2H])c([2H])c([2H])c3c3c([2H])c([2H])c([2H])c([2H])c32)n1. The molecule has 0 aliphatic heterocycles. The standard InChI is InChI=1S/C45H27N5O/c1-2-12-28(13-3-1)29-22-24-41-35(26-29)36-27-30(23-25-42(36)51-41)43-46-44(49-37-18-8-4-14-31(37)32-15-5-9-19-38(32)49)48-45(47-43)50-39-20-10-6-16-33(39)34-17-7-11-21-40(34)50/h1-27H/i4D,5D,6D,7D,8D,9D,10D,11D,14D,15D,16D,17D,18D,19D,20D,21D. The van der Waals surface area contributed by atoms with Crippen molar-refractivity contribution in [1.29, 1.82) is 0 Å². The molecule has 0 spiro atoms. The van der Waals surface area contributed by atoms with E-state index in [2.05, 4.69) is 0 Å². The predicted molar refractivity (Wildman–Crippen MR) is 207 cm³/mol. The van der Waals surface area contributed by atoms with Crippen molar-refractivity contribution in [2.75, 3.05) is 0 Å². The monoisotopic (exact) mass is 669 g/mol. The molecule has 6 nitrogen and oxygen atoms in total. The topological polar surface area (TPSA) is 61.7 Å². The molecule has 7 aromatic carbocycles. The Morgan fingerprint density at radius 2 is 0.843 bits per heavy atom. The van der Waals surface area contributed by atoms with Crippen LogP contribution in [0.3, 0.4) is 0 Å². The Kier molecular flexibility index (Phi) is 3.48. The average Bonchev–Trinajstić information content (AvgIpc) is 4.02. The molecule has 0 radical (unpaired) electrons. The highest BCUT2D eigenvalue weighted by Crippen LogP contribution is 2.37. The molecule has 6 heteroatoms. The molecule has 0 aliphatic carbocycles. The van der Waals surface area contributed by atoms with Gasteiger partial charge >= 0.3 is 0 Å². The number of furan rings is 1. The van der Waals surface area contributed by atoms with E-state index in [1.807, 2.05) is 48.5 Å². The summed E-state index contributed by atoms with van der Waals surface area (Å²) in [6, 6.07) is 9.91. The summed E-state index contributed by atoms with van der Waals surface area (Å²) >= 11 is 0. The summed E-state index contributed by atoms with van der Waals surface area (Å²) < 4.78 is 150. The Morgan fingerprint density at radius 3 is 1.33 bits per heavy atom. The maximum atomic E-state index is 9.16. The van der Waals surface area contributed by atoms with Crippen molar-refractivity contribution in [3.8, 4) is 34.4 Å². The van der Waals surface area contributed by atoms with E-state index < -0.39 is 109 Å². The van der Waals surface area contributed by atoms with E-state index in [0.29, 0.717) is 22.1 Å². The zero-order valence-electron chi connectivity index (χ0n) is 42.0. The van der Waals surface area contributed by atoms with Gasteiger partial charge in [-0.3, -0.25) is 9.13 Å². The maximum Gasteiger partial charge on any atom is 0.240 e. The summed E-state index contributed by atoms with van der Waals surface area (Å²) in [5.41, 5.74) is 1.88. The van der Waals surface area contributed by atoms with Crippen LogP contribution < -0.4 is 0 Å². The fraction of sp³-hybridized carbons (Fsp3) is 0. The van der Waals surface area contributed by atoms with Crippen LogP contribution in [0.5, 0.6) is 0 Å². The first-order chi connectivity index (χ1) is 31.9. The lowest BCUT2D eigenvalue weighted by Crippen LogP contribution is -2.10. The van der Waals surface area contributed by atoms with Gasteiger partial charge in [0.2, 0.25) is 11.9 Å². The van der Waals surface area contributed by atoms with Crippen LogP contribution in [0, 0.1) is 0 Å². The Labute approximate surface area is 314 Å². The van der Waals surface area contributed by atoms with Crippen molar-refractivity contribution in [2.45, 2.75) is 0 Å². The number of aromatic nitrogens is 5. The predicted octanol–water partition coefficient (Wildman–Crippen LogP) is 11.3. The van der Waals surface area contributed by atoms with Gasteiger partial charge in [0, 0.05) is 37.9 Å². The van der Waals surface area contributed by atoms with Crippen molar-refractivity contribution in [3.63, 3.8) is 0 Å². The van der Waals surface area contributed by atoms with Gasteiger partial charge in [0.15, 0.2) is 5.82 Å². The maximum absolute atomic E-state index is 9.16. The zero-order valence-corrected chi connectivity index (χ0v) is 26.0. The molecule has 0 saturated carbocycles. The van der Waals surface area contributed by atoms with Gasteiger partial charge < -0.3 is 4.42 Å². The Balaban J connectivity index is 1.33. The molecule has 0 amide bonds. The smallest absolute Gasteiger partial charge is 0.240 e. The summed E-state index contributed by atoms with van der Waals surface area (Å²) in [5.74, 6) is -1.12. The summed E-state index contributed by atoms with van der Waals surface area (Å²) in [5, 5.41) is 0.272. The lowest BCUT2D eigenvalue weighted by atomic mass is 10.0. The highest BCUT2D eigenvalue weighted by Gasteiger charge is 2.21. The molecule has 4 heterocycles. The van der Waals surface area contributed by atoms with Crippen molar-refractivity contribution in [2.24, 2.45) is 0 Å². The highest BCUT2D eigenvalue weighted by atomic mass is 16.3. The van der Waals surface area contributed by atoms with E-state index in [9.17, 15) is 0 Å². The summed E-state index contributed by atoms with van der Waals surface area (Å²) in [4.78, 5) is 14.4. The van der Waals surface area contributed by atoms with Gasteiger partial charge in [-0.15, -0.1) is 0 Å². The first kappa shape index (κ1) is 16.6. The van der Waals surface area contributed by atoms with Gasteiger partial charge in [-0.25, -0.2) is 0 Å². The minimum Gasteiger partial charge on any atom is -0.456 e. The third-order valence-electron chi connectivity index (χ3n) is 8.91. The molecule has 238 valence electrons. The van der Waals surface area contributed by atoms with Crippen LogP contribution in [-0.4, -0.2) is 24.1 Å². The van der Waals surface area contributed by atoms with Crippen molar-refractivity contribution >= 4 is 65.6 Å². The van der Waals surface area contributed by atoms with Gasteiger partial charge in [-0.2, -0.15) is 15.0 Å². The molecule has 11 rings (SSSR count). The second-order valence-electron chi connectivity index (χ2n) is 11.7. The van der Waals surface area contributed by atoms with E-state index in [1.165, 1.54) is 0 Å². The van der Waals surface area contributed by atoms with E-state index in [-0.39, 0.29) is 49.4 Å².